The molecular formula is C25H23NO2. The lowest BCUT2D eigenvalue weighted by Crippen LogP contribution is -2.36. The van der Waals surface area contributed by atoms with Crippen LogP contribution in [0.25, 0.3) is 0 Å². The molecule has 3 aromatic rings. The maximum absolute atomic E-state index is 13.4. The fourth-order valence-electron chi connectivity index (χ4n) is 3.88. The number of carbonyl (C=O) groups is 2. The standard InChI is InChI=1S/C25H23NO2/c1-17-13-14-18(2)22(16-17)24(27)20-10-4-5-11-21(20)25(28)26-15-7-9-19-8-3-6-12-23(19)26/h3-6,8,10-14,16H,7,9,15H2,1-2H3. The molecule has 3 aromatic carbocycles. The predicted molar refractivity (Wildman–Crippen MR) is 112 cm³/mol. The van der Waals surface area contributed by atoms with Crippen molar-refractivity contribution in [3.05, 3.63) is 100 Å². The number of hydrogen-bond acceptors (Lipinski definition) is 2. The van der Waals surface area contributed by atoms with Gasteiger partial charge in [0.25, 0.3) is 5.91 Å². The van der Waals surface area contributed by atoms with E-state index >= 15 is 0 Å². The second-order valence-electron chi connectivity index (χ2n) is 7.38. The van der Waals surface area contributed by atoms with Gasteiger partial charge in [-0.1, -0.05) is 54.1 Å². The summed E-state index contributed by atoms with van der Waals surface area (Å²) >= 11 is 0. The maximum atomic E-state index is 13.4. The number of carbonyl (C=O) groups excluding carboxylic acids is 2. The van der Waals surface area contributed by atoms with Crippen molar-refractivity contribution in [2.24, 2.45) is 0 Å². The monoisotopic (exact) mass is 369 g/mol. The average molecular weight is 369 g/mol. The average Bonchev–Trinajstić information content (AvgIpc) is 2.74. The van der Waals surface area contributed by atoms with E-state index in [9.17, 15) is 9.59 Å². The second kappa shape index (κ2) is 7.43. The van der Waals surface area contributed by atoms with E-state index < -0.39 is 0 Å². The van der Waals surface area contributed by atoms with Crippen molar-refractivity contribution in [1.82, 2.24) is 0 Å². The zero-order valence-electron chi connectivity index (χ0n) is 16.2. The van der Waals surface area contributed by atoms with Crippen LogP contribution in [0.5, 0.6) is 0 Å². The summed E-state index contributed by atoms with van der Waals surface area (Å²) in [6.07, 6.45) is 1.90. The summed E-state index contributed by atoms with van der Waals surface area (Å²) in [6, 6.07) is 21.0. The smallest absolute Gasteiger partial charge is 0.259 e. The first-order valence-corrected chi connectivity index (χ1v) is 9.67. The molecule has 0 bridgehead atoms. The van der Waals surface area contributed by atoms with E-state index in [-0.39, 0.29) is 11.7 Å². The molecule has 1 aliphatic rings. The molecule has 0 atom stereocenters. The summed E-state index contributed by atoms with van der Waals surface area (Å²) < 4.78 is 0. The van der Waals surface area contributed by atoms with Crippen LogP contribution in [0.2, 0.25) is 0 Å². The van der Waals surface area contributed by atoms with Gasteiger partial charge < -0.3 is 4.90 Å². The van der Waals surface area contributed by atoms with Crippen molar-refractivity contribution >= 4 is 17.4 Å². The van der Waals surface area contributed by atoms with Gasteiger partial charge in [0.05, 0.1) is 5.56 Å². The number of ketones is 1. The van der Waals surface area contributed by atoms with Crippen LogP contribution in [-0.4, -0.2) is 18.2 Å². The molecule has 28 heavy (non-hydrogen) atoms. The summed E-state index contributed by atoms with van der Waals surface area (Å²) in [4.78, 5) is 28.6. The molecule has 4 rings (SSSR count). The van der Waals surface area contributed by atoms with Crippen molar-refractivity contribution < 1.29 is 9.59 Å². The van der Waals surface area contributed by atoms with Gasteiger partial charge in [-0.25, -0.2) is 0 Å². The fourth-order valence-corrected chi connectivity index (χ4v) is 3.88. The number of nitrogens with zero attached hydrogens (tertiary/aromatic N) is 1. The molecule has 0 radical (unpaired) electrons. The molecule has 1 amide bonds. The highest BCUT2D eigenvalue weighted by Gasteiger charge is 2.27. The molecule has 3 heteroatoms. The molecular weight excluding hydrogens is 346 g/mol. The SMILES string of the molecule is Cc1ccc(C)c(C(=O)c2ccccc2C(=O)N2CCCc3ccccc32)c1. The van der Waals surface area contributed by atoms with E-state index in [1.54, 1.807) is 12.1 Å². The molecule has 0 aromatic heterocycles. The minimum absolute atomic E-state index is 0.101. The lowest BCUT2D eigenvalue weighted by molar-refractivity contribution is 0.0969. The highest BCUT2D eigenvalue weighted by molar-refractivity contribution is 6.18. The lowest BCUT2D eigenvalue weighted by Gasteiger charge is -2.30. The highest BCUT2D eigenvalue weighted by Crippen LogP contribution is 2.29. The van der Waals surface area contributed by atoms with Gasteiger partial charge in [0.1, 0.15) is 0 Å². The number of amides is 1. The number of hydrogen-bond donors (Lipinski definition) is 0. The van der Waals surface area contributed by atoms with E-state index in [2.05, 4.69) is 6.07 Å². The fraction of sp³-hybridized carbons (Fsp3) is 0.200. The number of para-hydroxylation sites is 1. The van der Waals surface area contributed by atoms with Gasteiger partial charge in [-0.15, -0.1) is 0 Å². The van der Waals surface area contributed by atoms with Crippen LogP contribution < -0.4 is 4.90 Å². The summed E-state index contributed by atoms with van der Waals surface area (Å²) in [5.41, 5.74) is 5.66. The zero-order chi connectivity index (χ0) is 19.7. The molecule has 0 saturated heterocycles. The van der Waals surface area contributed by atoms with Crippen LogP contribution in [0.15, 0.2) is 66.7 Å². The van der Waals surface area contributed by atoms with E-state index in [1.807, 2.05) is 67.3 Å². The molecule has 0 N–H and O–H groups in total. The number of benzene rings is 3. The molecule has 0 unspecified atom stereocenters. The summed E-state index contributed by atoms with van der Waals surface area (Å²) in [6.45, 7) is 4.57. The van der Waals surface area contributed by atoms with Crippen molar-refractivity contribution in [2.45, 2.75) is 26.7 Å². The molecule has 0 spiro atoms. The Kier molecular flexibility index (Phi) is 4.82. The molecule has 140 valence electrons. The van der Waals surface area contributed by atoms with Gasteiger partial charge in [0, 0.05) is 23.4 Å². The van der Waals surface area contributed by atoms with Crippen LogP contribution >= 0.6 is 0 Å². The Hall–Kier alpha value is -3.20. The van der Waals surface area contributed by atoms with Crippen molar-refractivity contribution in [2.75, 3.05) is 11.4 Å². The third-order valence-electron chi connectivity index (χ3n) is 5.40. The maximum Gasteiger partial charge on any atom is 0.259 e. The van der Waals surface area contributed by atoms with Crippen molar-refractivity contribution in [3.8, 4) is 0 Å². The largest absolute Gasteiger partial charge is 0.308 e. The minimum Gasteiger partial charge on any atom is -0.308 e. The van der Waals surface area contributed by atoms with Gasteiger partial charge in [-0.3, -0.25) is 9.59 Å². The van der Waals surface area contributed by atoms with Crippen LogP contribution in [0.4, 0.5) is 5.69 Å². The highest BCUT2D eigenvalue weighted by atomic mass is 16.2. The van der Waals surface area contributed by atoms with Crippen LogP contribution in [0, 0.1) is 13.8 Å². The Balaban J connectivity index is 1.76. The van der Waals surface area contributed by atoms with Crippen LogP contribution in [0.1, 0.15) is 49.4 Å². The molecule has 1 aliphatic heterocycles. The first kappa shape index (κ1) is 18.2. The molecule has 0 aliphatic carbocycles. The van der Waals surface area contributed by atoms with Gasteiger partial charge >= 0.3 is 0 Å². The minimum atomic E-state index is -0.110. The van der Waals surface area contributed by atoms with E-state index in [0.29, 0.717) is 23.2 Å². The molecule has 0 fully saturated rings. The quantitative estimate of drug-likeness (QED) is 0.600. The third-order valence-corrected chi connectivity index (χ3v) is 5.40. The Morgan fingerprint density at radius 2 is 1.54 bits per heavy atom. The number of aryl methyl sites for hydroxylation is 3. The van der Waals surface area contributed by atoms with E-state index in [0.717, 1.165) is 29.7 Å². The van der Waals surface area contributed by atoms with Gasteiger partial charge in [-0.05, 0) is 56.0 Å². The van der Waals surface area contributed by atoms with Crippen molar-refractivity contribution in [1.29, 1.82) is 0 Å². The zero-order valence-corrected chi connectivity index (χ0v) is 16.2. The Morgan fingerprint density at radius 3 is 2.36 bits per heavy atom. The third kappa shape index (κ3) is 3.24. The van der Waals surface area contributed by atoms with E-state index in [4.69, 9.17) is 0 Å². The molecule has 0 saturated carbocycles. The summed E-state index contributed by atoms with van der Waals surface area (Å²) in [7, 11) is 0. The first-order chi connectivity index (χ1) is 13.6. The first-order valence-electron chi connectivity index (χ1n) is 9.67. The van der Waals surface area contributed by atoms with Crippen LogP contribution in [-0.2, 0) is 6.42 Å². The predicted octanol–water partition coefficient (Wildman–Crippen LogP) is 5.13. The van der Waals surface area contributed by atoms with Gasteiger partial charge in [0.2, 0.25) is 0 Å². The topological polar surface area (TPSA) is 37.4 Å². The lowest BCUT2D eigenvalue weighted by atomic mass is 9.93. The Morgan fingerprint density at radius 1 is 0.821 bits per heavy atom. The van der Waals surface area contributed by atoms with Crippen LogP contribution in [0.3, 0.4) is 0 Å². The Bertz CT molecular complexity index is 1070. The molecule has 1 heterocycles. The number of fused-ring (bicyclic) bond motifs is 1. The Labute approximate surface area is 165 Å². The number of anilines is 1. The van der Waals surface area contributed by atoms with Gasteiger partial charge in [-0.2, -0.15) is 0 Å². The van der Waals surface area contributed by atoms with Gasteiger partial charge in [0.15, 0.2) is 5.78 Å². The second-order valence-corrected chi connectivity index (χ2v) is 7.38. The summed E-state index contributed by atoms with van der Waals surface area (Å²) in [5.74, 6) is -0.211. The van der Waals surface area contributed by atoms with E-state index in [1.165, 1.54) is 5.56 Å². The number of rotatable bonds is 3. The normalized spacial score (nSPS) is 13.1. The van der Waals surface area contributed by atoms with Crippen molar-refractivity contribution in [3.63, 3.8) is 0 Å². The summed E-state index contributed by atoms with van der Waals surface area (Å²) in [5, 5.41) is 0. The molecule has 3 nitrogen and oxygen atoms in total.